The average molecular weight is 364 g/mol. The lowest BCUT2D eigenvalue weighted by Gasteiger charge is -2.18. The molecule has 138 valence electrons. The van der Waals surface area contributed by atoms with Gasteiger partial charge >= 0.3 is 0 Å². The summed E-state index contributed by atoms with van der Waals surface area (Å²) in [6.07, 6.45) is 0. The highest BCUT2D eigenvalue weighted by atomic mass is 16.5. The number of carbonyl (C=O) groups is 1. The van der Waals surface area contributed by atoms with Crippen LogP contribution in [0.1, 0.15) is 10.4 Å². The third-order valence-electron chi connectivity index (χ3n) is 3.93. The van der Waals surface area contributed by atoms with E-state index in [1.54, 1.807) is 23.1 Å². The number of para-hydroxylation sites is 1. The van der Waals surface area contributed by atoms with Crippen LogP contribution in [0.2, 0.25) is 0 Å². The Hall–Kier alpha value is -3.61. The molecule has 0 aliphatic rings. The van der Waals surface area contributed by atoms with Crippen LogP contribution >= 0.6 is 0 Å². The lowest BCUT2D eigenvalue weighted by atomic mass is 10.2. The molecule has 0 bridgehead atoms. The first-order valence-corrected chi connectivity index (χ1v) is 8.28. The number of anilines is 3. The molecule has 0 saturated heterocycles. The molecule has 1 N–H and O–H groups in total. The fourth-order valence-corrected chi connectivity index (χ4v) is 2.43. The molecule has 0 unspecified atom stereocenters. The van der Waals surface area contributed by atoms with Crippen LogP contribution in [-0.4, -0.2) is 37.1 Å². The van der Waals surface area contributed by atoms with Crippen molar-refractivity contribution >= 4 is 23.2 Å². The van der Waals surface area contributed by atoms with Crippen LogP contribution in [0.15, 0.2) is 60.7 Å². The van der Waals surface area contributed by atoms with E-state index in [9.17, 15) is 4.79 Å². The molecule has 0 aliphatic heterocycles. The molecular formula is C20H20N4O3. The van der Waals surface area contributed by atoms with Gasteiger partial charge < -0.3 is 19.7 Å². The van der Waals surface area contributed by atoms with Crippen molar-refractivity contribution in [2.45, 2.75) is 0 Å². The highest BCUT2D eigenvalue weighted by molar-refractivity contribution is 6.04. The second-order valence-electron chi connectivity index (χ2n) is 5.68. The van der Waals surface area contributed by atoms with Crippen molar-refractivity contribution in [3.63, 3.8) is 0 Å². The number of amides is 1. The summed E-state index contributed by atoms with van der Waals surface area (Å²) in [6, 6.07) is 18.1. The number of methoxy groups -OCH3 is 2. The molecule has 1 aromatic heterocycles. The molecular weight excluding hydrogens is 344 g/mol. The monoisotopic (exact) mass is 364 g/mol. The van der Waals surface area contributed by atoms with Crippen molar-refractivity contribution in [1.82, 2.24) is 9.97 Å². The Morgan fingerprint density at radius 2 is 1.52 bits per heavy atom. The van der Waals surface area contributed by atoms with Gasteiger partial charge in [0.15, 0.2) is 0 Å². The minimum Gasteiger partial charge on any atom is -0.481 e. The molecule has 0 saturated carbocycles. The van der Waals surface area contributed by atoms with E-state index in [1.165, 1.54) is 14.2 Å². The van der Waals surface area contributed by atoms with Crippen LogP contribution in [0.4, 0.5) is 17.3 Å². The summed E-state index contributed by atoms with van der Waals surface area (Å²) in [5, 5.41) is 2.86. The van der Waals surface area contributed by atoms with Gasteiger partial charge in [0.25, 0.3) is 5.91 Å². The summed E-state index contributed by atoms with van der Waals surface area (Å²) in [4.78, 5) is 22.8. The van der Waals surface area contributed by atoms with Crippen LogP contribution in [0.25, 0.3) is 0 Å². The summed E-state index contributed by atoms with van der Waals surface area (Å²) >= 11 is 0. The SMILES string of the molecule is COc1cc(OC)nc(N(C)c2ccc(C(=O)Nc3ccccc3)cc2)n1. The summed E-state index contributed by atoms with van der Waals surface area (Å²) < 4.78 is 10.4. The Balaban J connectivity index is 1.77. The number of hydrogen-bond donors (Lipinski definition) is 1. The molecule has 3 rings (SSSR count). The van der Waals surface area contributed by atoms with Crippen molar-refractivity contribution in [1.29, 1.82) is 0 Å². The fraction of sp³-hybridized carbons (Fsp3) is 0.150. The molecule has 0 atom stereocenters. The fourth-order valence-electron chi connectivity index (χ4n) is 2.43. The second-order valence-corrected chi connectivity index (χ2v) is 5.68. The number of carbonyl (C=O) groups excluding carboxylic acids is 1. The van der Waals surface area contributed by atoms with E-state index in [2.05, 4.69) is 15.3 Å². The number of hydrogen-bond acceptors (Lipinski definition) is 6. The molecule has 27 heavy (non-hydrogen) atoms. The zero-order valence-electron chi connectivity index (χ0n) is 15.3. The minimum atomic E-state index is -0.172. The average Bonchev–Trinajstić information content (AvgIpc) is 2.73. The molecule has 0 fully saturated rings. The summed E-state index contributed by atoms with van der Waals surface area (Å²) in [7, 11) is 4.89. The first-order valence-electron chi connectivity index (χ1n) is 8.28. The quantitative estimate of drug-likeness (QED) is 0.721. The zero-order valence-corrected chi connectivity index (χ0v) is 15.3. The first kappa shape index (κ1) is 18.2. The maximum atomic E-state index is 12.3. The van der Waals surface area contributed by atoms with Crippen molar-refractivity contribution in [2.75, 3.05) is 31.5 Å². The highest BCUT2D eigenvalue weighted by Gasteiger charge is 2.13. The normalized spacial score (nSPS) is 10.2. The van der Waals surface area contributed by atoms with Gasteiger partial charge in [-0.1, -0.05) is 18.2 Å². The molecule has 2 aromatic carbocycles. The largest absolute Gasteiger partial charge is 0.481 e. The van der Waals surface area contributed by atoms with E-state index in [0.29, 0.717) is 23.3 Å². The van der Waals surface area contributed by atoms with Gasteiger partial charge in [0.2, 0.25) is 17.7 Å². The predicted octanol–water partition coefficient (Wildman–Crippen LogP) is 3.51. The van der Waals surface area contributed by atoms with E-state index < -0.39 is 0 Å². The number of rotatable bonds is 6. The number of nitrogens with zero attached hydrogens (tertiary/aromatic N) is 3. The molecule has 0 spiro atoms. The van der Waals surface area contributed by atoms with Crippen LogP contribution in [0.5, 0.6) is 11.8 Å². The lowest BCUT2D eigenvalue weighted by Crippen LogP contribution is -2.15. The van der Waals surface area contributed by atoms with Gasteiger partial charge in [0.05, 0.1) is 20.3 Å². The molecule has 0 radical (unpaired) electrons. The Morgan fingerprint density at radius 3 is 2.07 bits per heavy atom. The molecule has 1 amide bonds. The minimum absolute atomic E-state index is 0.172. The summed E-state index contributed by atoms with van der Waals surface area (Å²) in [6.45, 7) is 0. The number of aromatic nitrogens is 2. The van der Waals surface area contributed by atoms with Gasteiger partial charge in [-0.05, 0) is 36.4 Å². The maximum Gasteiger partial charge on any atom is 0.255 e. The Labute approximate surface area is 157 Å². The van der Waals surface area contributed by atoms with Gasteiger partial charge in [0.1, 0.15) is 0 Å². The van der Waals surface area contributed by atoms with Gasteiger partial charge in [0, 0.05) is 24.0 Å². The van der Waals surface area contributed by atoms with Gasteiger partial charge in [-0.15, -0.1) is 0 Å². The predicted molar refractivity (Wildman–Crippen MR) is 104 cm³/mol. The first-order chi connectivity index (χ1) is 13.1. The van der Waals surface area contributed by atoms with Crippen molar-refractivity contribution < 1.29 is 14.3 Å². The van der Waals surface area contributed by atoms with Crippen molar-refractivity contribution in [3.05, 3.63) is 66.2 Å². The maximum absolute atomic E-state index is 12.3. The smallest absolute Gasteiger partial charge is 0.255 e. The zero-order chi connectivity index (χ0) is 19.2. The summed E-state index contributed by atoms with van der Waals surface area (Å²) in [5.41, 5.74) is 2.13. The Bertz CT molecular complexity index is 892. The Kier molecular flexibility index (Phi) is 5.51. The van der Waals surface area contributed by atoms with Crippen LogP contribution in [0.3, 0.4) is 0 Å². The second kappa shape index (κ2) is 8.18. The third-order valence-corrected chi connectivity index (χ3v) is 3.93. The van der Waals surface area contributed by atoms with Crippen molar-refractivity contribution in [3.8, 4) is 11.8 Å². The van der Waals surface area contributed by atoms with E-state index in [1.807, 2.05) is 49.5 Å². The number of nitrogens with one attached hydrogen (secondary N) is 1. The topological polar surface area (TPSA) is 76.6 Å². The molecule has 7 heteroatoms. The molecule has 1 heterocycles. The highest BCUT2D eigenvalue weighted by Crippen LogP contribution is 2.25. The van der Waals surface area contributed by atoms with E-state index in [0.717, 1.165) is 11.4 Å². The molecule has 0 aliphatic carbocycles. The number of ether oxygens (including phenoxy) is 2. The molecule has 3 aromatic rings. The van der Waals surface area contributed by atoms with Crippen LogP contribution in [-0.2, 0) is 0 Å². The molecule has 7 nitrogen and oxygen atoms in total. The van der Waals surface area contributed by atoms with Gasteiger partial charge in [-0.2, -0.15) is 9.97 Å². The van der Waals surface area contributed by atoms with Crippen LogP contribution < -0.4 is 19.7 Å². The Morgan fingerprint density at radius 1 is 0.926 bits per heavy atom. The third kappa shape index (κ3) is 4.33. The van der Waals surface area contributed by atoms with Gasteiger partial charge in [-0.25, -0.2) is 0 Å². The lowest BCUT2D eigenvalue weighted by molar-refractivity contribution is 0.102. The van der Waals surface area contributed by atoms with E-state index in [4.69, 9.17) is 9.47 Å². The van der Waals surface area contributed by atoms with Gasteiger partial charge in [-0.3, -0.25) is 4.79 Å². The standard InChI is InChI=1S/C20H20N4O3/c1-24(20-22-17(26-2)13-18(23-20)27-3)16-11-9-14(10-12-16)19(25)21-15-7-5-4-6-8-15/h4-13H,1-3H3,(H,21,25). The van der Waals surface area contributed by atoms with Crippen LogP contribution in [0, 0.1) is 0 Å². The number of benzene rings is 2. The van der Waals surface area contributed by atoms with E-state index >= 15 is 0 Å². The van der Waals surface area contributed by atoms with Crippen molar-refractivity contribution in [2.24, 2.45) is 0 Å². The summed E-state index contributed by atoms with van der Waals surface area (Å²) in [5.74, 6) is 1.06. The van der Waals surface area contributed by atoms with E-state index in [-0.39, 0.29) is 5.91 Å².